The smallest absolute Gasteiger partial charge is 0.416 e. The van der Waals surface area contributed by atoms with E-state index in [1.54, 1.807) is 36.4 Å². The molecule has 0 bridgehead atoms. The van der Waals surface area contributed by atoms with Gasteiger partial charge in [-0.25, -0.2) is 5.43 Å². The molecule has 0 radical (unpaired) electrons. The molecule has 0 spiro atoms. The molecular formula is C23H19ClF3N3O2. The maximum atomic E-state index is 12.7. The summed E-state index contributed by atoms with van der Waals surface area (Å²) in [5, 5.41) is 7.15. The largest absolute Gasteiger partial charge is 0.489 e. The summed E-state index contributed by atoms with van der Waals surface area (Å²) < 4.78 is 43.9. The van der Waals surface area contributed by atoms with E-state index in [1.165, 1.54) is 18.3 Å². The van der Waals surface area contributed by atoms with Crippen molar-refractivity contribution in [1.29, 1.82) is 0 Å². The Kier molecular flexibility index (Phi) is 7.72. The normalized spacial score (nSPS) is 11.4. The Labute approximate surface area is 187 Å². The summed E-state index contributed by atoms with van der Waals surface area (Å²) in [5.74, 6) is 0.121. The molecule has 166 valence electrons. The van der Waals surface area contributed by atoms with Crippen LogP contribution in [-0.2, 0) is 17.6 Å². The van der Waals surface area contributed by atoms with E-state index in [2.05, 4.69) is 15.8 Å². The highest BCUT2D eigenvalue weighted by atomic mass is 35.5. The van der Waals surface area contributed by atoms with Gasteiger partial charge in [-0.1, -0.05) is 41.9 Å². The summed E-state index contributed by atoms with van der Waals surface area (Å²) in [6.07, 6.45) is -3.01. The Hall–Kier alpha value is -3.52. The zero-order valence-electron chi connectivity index (χ0n) is 16.7. The molecule has 0 unspecified atom stereocenters. The maximum Gasteiger partial charge on any atom is 0.416 e. The van der Waals surface area contributed by atoms with E-state index in [9.17, 15) is 18.0 Å². The first-order valence-corrected chi connectivity index (χ1v) is 9.88. The zero-order chi connectivity index (χ0) is 23.0. The van der Waals surface area contributed by atoms with Crippen LogP contribution in [0, 0.1) is 0 Å². The average molecular weight is 462 g/mol. The number of nitrogens with one attached hydrogen (secondary N) is 2. The van der Waals surface area contributed by atoms with Crippen LogP contribution >= 0.6 is 11.6 Å². The van der Waals surface area contributed by atoms with Crippen molar-refractivity contribution in [3.05, 3.63) is 94.5 Å². The van der Waals surface area contributed by atoms with Crippen molar-refractivity contribution in [1.82, 2.24) is 5.43 Å². The van der Waals surface area contributed by atoms with Crippen LogP contribution < -0.4 is 15.5 Å². The molecule has 2 N–H and O–H groups in total. The van der Waals surface area contributed by atoms with Crippen LogP contribution in [0.1, 0.15) is 16.7 Å². The second-order valence-corrected chi connectivity index (χ2v) is 7.15. The van der Waals surface area contributed by atoms with Crippen LogP contribution in [0.15, 0.2) is 77.9 Å². The Morgan fingerprint density at radius 2 is 1.78 bits per heavy atom. The first-order chi connectivity index (χ1) is 15.3. The highest BCUT2D eigenvalue weighted by molar-refractivity contribution is 6.30. The Bertz CT molecular complexity index is 1090. The second-order valence-electron chi connectivity index (χ2n) is 6.71. The minimum atomic E-state index is -4.45. The number of anilines is 1. The number of halogens is 4. The number of hydrazone groups is 1. The lowest BCUT2D eigenvalue weighted by Crippen LogP contribution is -2.26. The van der Waals surface area contributed by atoms with Crippen LogP contribution in [-0.4, -0.2) is 18.7 Å². The average Bonchev–Trinajstić information content (AvgIpc) is 2.77. The molecule has 0 aliphatic carbocycles. The molecular weight excluding hydrogens is 443 g/mol. The summed E-state index contributed by atoms with van der Waals surface area (Å²) in [7, 11) is 0. The minimum absolute atomic E-state index is 0.185. The summed E-state index contributed by atoms with van der Waals surface area (Å²) in [5.41, 5.74) is 3.38. The van der Waals surface area contributed by atoms with Gasteiger partial charge in [0.1, 0.15) is 12.4 Å². The second kappa shape index (κ2) is 10.7. The van der Waals surface area contributed by atoms with E-state index in [1.807, 2.05) is 12.1 Å². The predicted molar refractivity (Wildman–Crippen MR) is 118 cm³/mol. The van der Waals surface area contributed by atoms with Gasteiger partial charge in [0.25, 0.3) is 5.91 Å². The monoisotopic (exact) mass is 461 g/mol. The number of alkyl halides is 3. The van der Waals surface area contributed by atoms with Gasteiger partial charge < -0.3 is 10.1 Å². The standard InChI is InChI=1S/C23H19ClF3N3O2/c24-19-9-7-16(8-10-19)15-32-21-6-1-3-17(11-21)13-29-30-22(31)14-28-20-5-2-4-18(12-20)23(25,26)27/h1-13,28H,14-15H2,(H,30,31)/b29-13-. The van der Waals surface area contributed by atoms with E-state index >= 15 is 0 Å². The van der Waals surface area contributed by atoms with Crippen molar-refractivity contribution >= 4 is 29.4 Å². The Morgan fingerprint density at radius 1 is 1.03 bits per heavy atom. The van der Waals surface area contributed by atoms with Crippen LogP contribution in [0.4, 0.5) is 18.9 Å². The number of carbonyl (C=O) groups is 1. The number of rotatable bonds is 8. The third-order valence-electron chi connectivity index (χ3n) is 4.22. The van der Waals surface area contributed by atoms with E-state index in [0.29, 0.717) is 22.9 Å². The lowest BCUT2D eigenvalue weighted by atomic mass is 10.2. The molecule has 0 fully saturated rings. The maximum absolute atomic E-state index is 12.7. The van der Waals surface area contributed by atoms with Crippen molar-refractivity contribution in [2.75, 3.05) is 11.9 Å². The molecule has 0 aromatic heterocycles. The zero-order valence-corrected chi connectivity index (χ0v) is 17.5. The summed E-state index contributed by atoms with van der Waals surface area (Å²) >= 11 is 5.86. The fourth-order valence-electron chi connectivity index (χ4n) is 2.64. The van der Waals surface area contributed by atoms with Crippen molar-refractivity contribution in [3.8, 4) is 5.75 Å². The third-order valence-corrected chi connectivity index (χ3v) is 4.47. The first-order valence-electron chi connectivity index (χ1n) is 9.50. The van der Waals surface area contributed by atoms with E-state index in [0.717, 1.165) is 17.7 Å². The highest BCUT2D eigenvalue weighted by Crippen LogP contribution is 2.30. The number of benzene rings is 3. The van der Waals surface area contributed by atoms with Gasteiger partial charge in [0.15, 0.2) is 0 Å². The quantitative estimate of drug-likeness (QED) is 0.344. The van der Waals surface area contributed by atoms with Gasteiger partial charge in [-0.3, -0.25) is 4.79 Å². The van der Waals surface area contributed by atoms with Crippen molar-refractivity contribution in [2.45, 2.75) is 12.8 Å². The number of nitrogens with zero attached hydrogens (tertiary/aromatic N) is 1. The summed E-state index contributed by atoms with van der Waals surface area (Å²) in [4.78, 5) is 11.9. The molecule has 0 aliphatic heterocycles. The Morgan fingerprint density at radius 3 is 2.53 bits per heavy atom. The van der Waals surface area contributed by atoms with Crippen molar-refractivity contribution in [3.63, 3.8) is 0 Å². The SMILES string of the molecule is O=C(CNc1cccc(C(F)(F)F)c1)N/N=C\c1cccc(OCc2ccc(Cl)cc2)c1. The molecule has 1 amide bonds. The predicted octanol–water partition coefficient (Wildman–Crippen LogP) is 5.50. The van der Waals surface area contributed by atoms with Gasteiger partial charge in [0.05, 0.1) is 18.3 Å². The first kappa shape index (κ1) is 23.1. The molecule has 3 rings (SSSR count). The molecule has 3 aromatic carbocycles. The van der Waals surface area contributed by atoms with Crippen molar-refractivity contribution in [2.24, 2.45) is 5.10 Å². The van der Waals surface area contributed by atoms with Gasteiger partial charge in [0, 0.05) is 10.7 Å². The minimum Gasteiger partial charge on any atom is -0.489 e. The fraction of sp³-hybridized carbons (Fsp3) is 0.130. The van der Waals surface area contributed by atoms with E-state index < -0.39 is 17.6 Å². The molecule has 9 heteroatoms. The third kappa shape index (κ3) is 7.31. The van der Waals surface area contributed by atoms with E-state index in [-0.39, 0.29) is 12.2 Å². The van der Waals surface area contributed by atoms with Crippen LogP contribution in [0.25, 0.3) is 0 Å². The van der Waals surface area contributed by atoms with Crippen LogP contribution in [0.3, 0.4) is 0 Å². The van der Waals surface area contributed by atoms with Gasteiger partial charge in [-0.2, -0.15) is 18.3 Å². The van der Waals surface area contributed by atoms with Gasteiger partial charge in [-0.15, -0.1) is 0 Å². The fourth-order valence-corrected chi connectivity index (χ4v) is 2.76. The molecule has 0 saturated carbocycles. The van der Waals surface area contributed by atoms with Gasteiger partial charge >= 0.3 is 6.18 Å². The molecule has 3 aromatic rings. The van der Waals surface area contributed by atoms with Gasteiger partial charge in [-0.05, 0) is 53.6 Å². The number of ether oxygens (including phenoxy) is 1. The summed E-state index contributed by atoms with van der Waals surface area (Å²) in [6, 6.07) is 19.0. The Balaban J connectivity index is 1.47. The lowest BCUT2D eigenvalue weighted by Gasteiger charge is -2.10. The number of carbonyl (C=O) groups excluding carboxylic acids is 1. The molecule has 0 saturated heterocycles. The van der Waals surface area contributed by atoms with Crippen LogP contribution in [0.2, 0.25) is 5.02 Å². The molecule has 32 heavy (non-hydrogen) atoms. The number of amides is 1. The topological polar surface area (TPSA) is 62.7 Å². The summed E-state index contributed by atoms with van der Waals surface area (Å²) in [6.45, 7) is 0.138. The number of hydrogen-bond acceptors (Lipinski definition) is 4. The number of hydrogen-bond donors (Lipinski definition) is 2. The van der Waals surface area contributed by atoms with E-state index in [4.69, 9.17) is 16.3 Å². The molecule has 0 atom stereocenters. The molecule has 0 aliphatic rings. The lowest BCUT2D eigenvalue weighted by molar-refractivity contribution is -0.137. The van der Waals surface area contributed by atoms with Crippen molar-refractivity contribution < 1.29 is 22.7 Å². The molecule has 5 nitrogen and oxygen atoms in total. The highest BCUT2D eigenvalue weighted by Gasteiger charge is 2.30. The van der Waals surface area contributed by atoms with Crippen LogP contribution in [0.5, 0.6) is 5.75 Å². The van der Waals surface area contributed by atoms with Gasteiger partial charge in [0.2, 0.25) is 0 Å². The molecule has 0 heterocycles.